The van der Waals surface area contributed by atoms with Crippen LogP contribution < -0.4 is 15.5 Å². The molecule has 2 saturated heterocycles. The largest absolute Gasteiger partial charge is 0.460 e. The predicted molar refractivity (Wildman–Crippen MR) is 155 cm³/mol. The topological polar surface area (TPSA) is 142 Å². The molecule has 2 aliphatic rings. The van der Waals surface area contributed by atoms with Gasteiger partial charge in [0.15, 0.2) is 11.1 Å². The number of likely N-dealkylation sites (tertiary alicyclic amines) is 2. The van der Waals surface area contributed by atoms with Crippen molar-refractivity contribution in [2.24, 2.45) is 10.9 Å². The Morgan fingerprint density at radius 3 is 2.71 bits per heavy atom. The average molecular weight is 578 g/mol. The van der Waals surface area contributed by atoms with E-state index in [1.54, 1.807) is 27.7 Å². The Hall–Kier alpha value is -4.26. The van der Waals surface area contributed by atoms with Crippen molar-refractivity contribution in [2.45, 2.75) is 58.1 Å². The maximum Gasteiger partial charge on any atom is 0.322 e. The van der Waals surface area contributed by atoms with Crippen LogP contribution in [0.4, 0.5) is 5.95 Å². The van der Waals surface area contributed by atoms with Gasteiger partial charge in [0.2, 0.25) is 11.9 Å². The number of nitrogens with one attached hydrogen (secondary N) is 1. The van der Waals surface area contributed by atoms with Crippen molar-refractivity contribution >= 4 is 23.4 Å². The summed E-state index contributed by atoms with van der Waals surface area (Å²) in [6, 6.07) is 3.67. The Bertz CT molecular complexity index is 1520. The van der Waals surface area contributed by atoms with Crippen LogP contribution in [0.15, 0.2) is 42.2 Å². The number of amides is 2. The second kappa shape index (κ2) is 12.7. The lowest BCUT2D eigenvalue weighted by Crippen LogP contribution is -2.41. The highest BCUT2D eigenvalue weighted by Crippen LogP contribution is 2.24. The molecule has 0 radical (unpaired) electrons. The van der Waals surface area contributed by atoms with Crippen molar-refractivity contribution in [3.63, 3.8) is 0 Å². The van der Waals surface area contributed by atoms with E-state index in [2.05, 4.69) is 52.8 Å². The zero-order valence-corrected chi connectivity index (χ0v) is 24.4. The van der Waals surface area contributed by atoms with E-state index in [0.29, 0.717) is 50.1 Å². The highest BCUT2D eigenvalue weighted by atomic mass is 16.5. The first kappa shape index (κ1) is 29.2. The number of fused-ring (bicyclic) bond motifs is 1. The molecule has 2 aliphatic heterocycles. The van der Waals surface area contributed by atoms with E-state index >= 15 is 0 Å². The van der Waals surface area contributed by atoms with Crippen LogP contribution in [0, 0.1) is 5.92 Å². The highest BCUT2D eigenvalue weighted by Gasteiger charge is 2.27. The van der Waals surface area contributed by atoms with Gasteiger partial charge in [0, 0.05) is 38.3 Å². The fraction of sp³-hybridized carbons (Fsp3) is 0.517. The van der Waals surface area contributed by atoms with Crippen molar-refractivity contribution in [3.8, 4) is 6.01 Å². The summed E-state index contributed by atoms with van der Waals surface area (Å²) in [6.45, 7) is 10.8. The first-order chi connectivity index (χ1) is 20.2. The molecule has 2 N–H and O–H groups in total. The smallest absolute Gasteiger partial charge is 0.322 e. The summed E-state index contributed by atoms with van der Waals surface area (Å²) in [5, 5.41) is 18.4. The van der Waals surface area contributed by atoms with E-state index in [4.69, 9.17) is 9.72 Å². The zero-order chi connectivity index (χ0) is 29.8. The summed E-state index contributed by atoms with van der Waals surface area (Å²) >= 11 is 0. The molecule has 42 heavy (non-hydrogen) atoms. The summed E-state index contributed by atoms with van der Waals surface area (Å²) in [5.41, 5.74) is 2.52. The molecule has 0 spiro atoms. The molecule has 5 heterocycles. The molecule has 5 rings (SSSR count). The molecule has 2 amide bonds. The summed E-state index contributed by atoms with van der Waals surface area (Å²) < 4.78 is 8.71. The third kappa shape index (κ3) is 6.62. The molecule has 13 heteroatoms. The summed E-state index contributed by atoms with van der Waals surface area (Å²) in [5.74, 6) is -0.295. The van der Waals surface area contributed by atoms with Gasteiger partial charge < -0.3 is 25.1 Å². The maximum atomic E-state index is 12.8. The van der Waals surface area contributed by atoms with E-state index < -0.39 is 5.92 Å². The second-order valence-electron chi connectivity index (χ2n) is 11.3. The molecule has 1 unspecified atom stereocenters. The first-order valence-electron chi connectivity index (χ1n) is 14.5. The van der Waals surface area contributed by atoms with Crippen LogP contribution in [0.25, 0.3) is 5.65 Å². The van der Waals surface area contributed by atoms with Crippen molar-refractivity contribution in [3.05, 3.63) is 53.8 Å². The highest BCUT2D eigenvalue weighted by molar-refractivity contribution is 5.88. The Kier molecular flexibility index (Phi) is 8.86. The van der Waals surface area contributed by atoms with Crippen LogP contribution in [0.2, 0.25) is 0 Å². The number of rotatable bonds is 8. The average Bonchev–Trinajstić information content (AvgIpc) is 3.42. The van der Waals surface area contributed by atoms with Crippen LogP contribution in [-0.4, -0.2) is 90.5 Å². The molecule has 3 aromatic heterocycles. The van der Waals surface area contributed by atoms with Crippen LogP contribution >= 0.6 is 0 Å². The van der Waals surface area contributed by atoms with Crippen molar-refractivity contribution < 1.29 is 19.5 Å². The zero-order valence-electron chi connectivity index (χ0n) is 24.4. The number of ether oxygens (including phenoxy) is 1. The van der Waals surface area contributed by atoms with Gasteiger partial charge in [-0.25, -0.2) is 0 Å². The number of carbonyl (C=O) groups is 2. The fourth-order valence-corrected chi connectivity index (χ4v) is 5.31. The molecular weight excluding hydrogens is 538 g/mol. The van der Waals surface area contributed by atoms with E-state index in [0.717, 1.165) is 41.8 Å². The standard InChI is InChI=1S/C29H39N9O4/c1-5-25(39)36-12-6-7-21(18-36)27(40)32-24-9-8-20(17-37(24)41)15-30-28-34-29(42-22-10-13-35(4)14-11-22)33-26-23(19(2)3)16-31-38(26)28/h5,8-9,16-17,19,21-22,41H,1,6-7,10-15,18H2,2-4H3,(H,30,33,34). The molecule has 0 saturated carbocycles. The monoisotopic (exact) mass is 577 g/mol. The van der Waals surface area contributed by atoms with Crippen LogP contribution in [0.5, 0.6) is 6.01 Å². The molecule has 2 fully saturated rings. The maximum absolute atomic E-state index is 12.8. The molecule has 0 aliphatic carbocycles. The lowest BCUT2D eigenvalue weighted by Gasteiger charge is -2.30. The SMILES string of the molecule is C=CC(=O)N1CCCC(C(=O)N=c2ccc(CNc3nc(OC4CCN(C)CC4)nc4c(C(C)C)cnn34)cn2O)C1. The number of hydrogen-bond donors (Lipinski definition) is 2. The third-order valence-corrected chi connectivity index (χ3v) is 7.84. The molecular formula is C29H39N9O4. The predicted octanol–water partition coefficient (Wildman–Crippen LogP) is 2.22. The number of carbonyl (C=O) groups excluding carboxylic acids is 2. The summed E-state index contributed by atoms with van der Waals surface area (Å²) in [7, 11) is 2.11. The Balaban J connectivity index is 1.31. The van der Waals surface area contributed by atoms with Gasteiger partial charge in [-0.3, -0.25) is 9.59 Å². The second-order valence-corrected chi connectivity index (χ2v) is 11.3. The van der Waals surface area contributed by atoms with Gasteiger partial charge >= 0.3 is 6.01 Å². The lowest BCUT2D eigenvalue weighted by atomic mass is 9.97. The van der Waals surface area contributed by atoms with Crippen molar-refractivity contribution in [1.29, 1.82) is 0 Å². The van der Waals surface area contributed by atoms with Crippen LogP contribution in [-0.2, 0) is 16.1 Å². The van der Waals surface area contributed by atoms with Gasteiger partial charge in [-0.15, -0.1) is 0 Å². The Labute approximate surface area is 244 Å². The fourth-order valence-electron chi connectivity index (χ4n) is 5.31. The molecule has 0 aromatic carbocycles. The molecule has 3 aromatic rings. The minimum atomic E-state index is -0.417. The third-order valence-electron chi connectivity index (χ3n) is 7.84. The van der Waals surface area contributed by atoms with E-state index in [-0.39, 0.29) is 29.3 Å². The van der Waals surface area contributed by atoms with Crippen molar-refractivity contribution in [1.82, 2.24) is 34.1 Å². The molecule has 0 bridgehead atoms. The summed E-state index contributed by atoms with van der Waals surface area (Å²) in [4.78, 5) is 42.1. The van der Waals surface area contributed by atoms with Gasteiger partial charge in [-0.05, 0) is 56.4 Å². The minimum absolute atomic E-state index is 0.0495. The van der Waals surface area contributed by atoms with Crippen molar-refractivity contribution in [2.75, 3.05) is 38.5 Å². The van der Waals surface area contributed by atoms with Gasteiger partial charge in [0.05, 0.1) is 18.3 Å². The van der Waals surface area contributed by atoms with Crippen LogP contribution in [0.1, 0.15) is 56.6 Å². The number of nitrogens with zero attached hydrogens (tertiary/aromatic N) is 8. The number of pyridine rings is 1. The molecule has 1 atom stereocenters. The lowest BCUT2D eigenvalue weighted by molar-refractivity contribution is -0.130. The van der Waals surface area contributed by atoms with Gasteiger partial charge in [0.1, 0.15) is 6.10 Å². The van der Waals surface area contributed by atoms with E-state index in [1.807, 2.05) is 0 Å². The number of anilines is 1. The number of hydrogen-bond acceptors (Lipinski definition) is 9. The summed E-state index contributed by atoms with van der Waals surface area (Å²) in [6.07, 6.45) is 7.76. The van der Waals surface area contributed by atoms with Gasteiger partial charge in [-0.2, -0.15) is 29.3 Å². The van der Waals surface area contributed by atoms with Gasteiger partial charge in [0.25, 0.3) is 5.91 Å². The molecule has 224 valence electrons. The Morgan fingerprint density at radius 1 is 1.21 bits per heavy atom. The van der Waals surface area contributed by atoms with Gasteiger partial charge in [-0.1, -0.05) is 26.5 Å². The van der Waals surface area contributed by atoms with E-state index in [1.165, 1.54) is 12.3 Å². The van der Waals surface area contributed by atoms with Crippen LogP contribution in [0.3, 0.4) is 0 Å². The van der Waals surface area contributed by atoms with E-state index in [9.17, 15) is 14.8 Å². The minimum Gasteiger partial charge on any atom is -0.460 e. The number of piperidine rings is 2. The quantitative estimate of drug-likeness (QED) is 0.304. The first-order valence-corrected chi connectivity index (χ1v) is 14.5. The Morgan fingerprint density at radius 2 is 2.00 bits per heavy atom. The molecule has 13 nitrogen and oxygen atoms in total. The normalized spacial score (nSPS) is 18.9. The number of aromatic nitrogens is 5.